The van der Waals surface area contributed by atoms with E-state index in [1.54, 1.807) is 11.0 Å². The van der Waals surface area contributed by atoms with Crippen LogP contribution in [0.2, 0.25) is 0 Å². The van der Waals surface area contributed by atoms with Gasteiger partial charge in [-0.05, 0) is 56.1 Å². The highest BCUT2D eigenvalue weighted by Gasteiger charge is 2.39. The van der Waals surface area contributed by atoms with E-state index in [4.69, 9.17) is 4.74 Å². The van der Waals surface area contributed by atoms with Crippen LogP contribution in [0.4, 0.5) is 0 Å². The smallest absolute Gasteiger partial charge is 0.309 e. The molecule has 1 fully saturated rings. The SMILES string of the molecule is C=CCCC[C@H](Cc1ccccc1)C(=O)OCC1(NC(=O)[C@@H](CC=C)CC(=O)N(CCO)Cc2ccccc2)CCCC1. The number of esters is 1. The molecule has 3 rings (SSSR count). The van der Waals surface area contributed by atoms with E-state index in [1.165, 1.54) is 0 Å². The number of allylic oxidation sites excluding steroid dienone is 2. The molecule has 0 saturated heterocycles. The summed E-state index contributed by atoms with van der Waals surface area (Å²) in [5.74, 6) is -1.56. The van der Waals surface area contributed by atoms with Gasteiger partial charge in [-0.15, -0.1) is 13.2 Å². The number of nitrogens with zero attached hydrogens (tertiary/aromatic N) is 1. The van der Waals surface area contributed by atoms with Crippen molar-refractivity contribution in [2.24, 2.45) is 11.8 Å². The van der Waals surface area contributed by atoms with Crippen LogP contribution in [0, 0.1) is 11.8 Å². The molecule has 43 heavy (non-hydrogen) atoms. The molecule has 7 heteroatoms. The van der Waals surface area contributed by atoms with Crippen LogP contribution in [0.25, 0.3) is 0 Å². The highest BCUT2D eigenvalue weighted by atomic mass is 16.5. The molecule has 0 aromatic heterocycles. The molecule has 0 bridgehead atoms. The fourth-order valence-corrected chi connectivity index (χ4v) is 5.80. The number of ether oxygens (including phenoxy) is 1. The van der Waals surface area contributed by atoms with Gasteiger partial charge in [0, 0.05) is 19.5 Å². The molecule has 2 aromatic rings. The number of aliphatic hydroxyl groups is 1. The number of carbonyl (C=O) groups is 3. The zero-order chi connectivity index (χ0) is 30.9. The van der Waals surface area contributed by atoms with Crippen LogP contribution in [0.15, 0.2) is 86.0 Å². The van der Waals surface area contributed by atoms with Gasteiger partial charge in [0.05, 0.1) is 24.0 Å². The lowest BCUT2D eigenvalue weighted by Gasteiger charge is -2.32. The minimum absolute atomic E-state index is 0.00298. The van der Waals surface area contributed by atoms with E-state index in [9.17, 15) is 19.5 Å². The third-order valence-corrected chi connectivity index (χ3v) is 8.24. The minimum atomic E-state index is -0.650. The molecule has 2 aromatic carbocycles. The van der Waals surface area contributed by atoms with Gasteiger partial charge >= 0.3 is 5.97 Å². The maximum atomic E-state index is 13.6. The summed E-state index contributed by atoms with van der Waals surface area (Å²) < 4.78 is 5.95. The Bertz CT molecular complexity index is 1160. The Balaban J connectivity index is 1.65. The second-order valence-electron chi connectivity index (χ2n) is 11.6. The van der Waals surface area contributed by atoms with E-state index in [0.29, 0.717) is 38.6 Å². The monoisotopic (exact) mass is 588 g/mol. The van der Waals surface area contributed by atoms with Gasteiger partial charge in [0.15, 0.2) is 0 Å². The quantitative estimate of drug-likeness (QED) is 0.123. The lowest BCUT2D eigenvalue weighted by atomic mass is 9.93. The number of nitrogens with one attached hydrogen (secondary N) is 1. The summed E-state index contributed by atoms with van der Waals surface area (Å²) in [6, 6.07) is 19.5. The standard InChI is InChI=1S/C36H48N2O5/c1-3-5-8-20-32(25-29-16-9-6-10-17-29)35(42)43-28-36(21-13-14-22-36)37-34(41)31(15-4-2)26-33(40)38(23-24-39)27-30-18-11-7-12-19-30/h3-4,6-7,9-12,16-19,31-32,39H,1-2,5,8,13-15,20-28H2,(H,37,41)/t31-,32+/m0/s1. The van der Waals surface area contributed by atoms with Gasteiger partial charge in [-0.25, -0.2) is 0 Å². The highest BCUT2D eigenvalue weighted by Crippen LogP contribution is 2.31. The lowest BCUT2D eigenvalue weighted by Crippen LogP contribution is -2.52. The molecular formula is C36H48N2O5. The number of hydrogen-bond acceptors (Lipinski definition) is 5. The van der Waals surface area contributed by atoms with Crippen molar-refractivity contribution in [1.29, 1.82) is 0 Å². The van der Waals surface area contributed by atoms with Crippen LogP contribution in [-0.2, 0) is 32.1 Å². The number of unbranched alkanes of at least 4 members (excludes halogenated alkanes) is 1. The van der Waals surface area contributed by atoms with Crippen LogP contribution < -0.4 is 5.32 Å². The summed E-state index contributed by atoms with van der Waals surface area (Å²) in [6.45, 7) is 8.11. The molecule has 0 heterocycles. The van der Waals surface area contributed by atoms with Crippen molar-refractivity contribution in [3.8, 4) is 0 Å². The Kier molecular flexibility index (Phi) is 14.2. The summed E-state index contributed by atoms with van der Waals surface area (Å²) in [4.78, 5) is 41.9. The predicted octanol–water partition coefficient (Wildman–Crippen LogP) is 5.78. The number of hydrogen-bond donors (Lipinski definition) is 2. The minimum Gasteiger partial charge on any atom is -0.463 e. The van der Waals surface area contributed by atoms with Crippen molar-refractivity contribution in [2.75, 3.05) is 19.8 Å². The molecule has 2 amide bonds. The Hall–Kier alpha value is -3.71. The summed E-state index contributed by atoms with van der Waals surface area (Å²) in [5, 5.41) is 12.8. The Labute approximate surface area is 257 Å². The molecule has 0 aliphatic heterocycles. The van der Waals surface area contributed by atoms with Crippen molar-refractivity contribution in [1.82, 2.24) is 10.2 Å². The van der Waals surface area contributed by atoms with Crippen molar-refractivity contribution >= 4 is 17.8 Å². The number of rotatable bonds is 19. The van der Waals surface area contributed by atoms with Gasteiger partial charge in [-0.1, -0.05) is 85.7 Å². The first-order valence-electron chi connectivity index (χ1n) is 15.6. The molecule has 232 valence electrons. The van der Waals surface area contributed by atoms with E-state index in [-0.39, 0.29) is 49.9 Å². The van der Waals surface area contributed by atoms with E-state index in [1.807, 2.05) is 66.7 Å². The van der Waals surface area contributed by atoms with Crippen LogP contribution in [0.3, 0.4) is 0 Å². The van der Waals surface area contributed by atoms with E-state index in [2.05, 4.69) is 18.5 Å². The van der Waals surface area contributed by atoms with Gasteiger partial charge in [-0.3, -0.25) is 14.4 Å². The summed E-state index contributed by atoms with van der Waals surface area (Å²) in [5.41, 5.74) is 1.39. The molecule has 2 atom stereocenters. The number of carbonyl (C=O) groups excluding carboxylic acids is 3. The largest absolute Gasteiger partial charge is 0.463 e. The molecule has 0 radical (unpaired) electrons. The van der Waals surface area contributed by atoms with Crippen molar-refractivity contribution in [2.45, 2.75) is 76.3 Å². The predicted molar refractivity (Wildman–Crippen MR) is 170 cm³/mol. The molecule has 2 N–H and O–H groups in total. The Morgan fingerprint density at radius 1 is 0.953 bits per heavy atom. The molecule has 1 saturated carbocycles. The van der Waals surface area contributed by atoms with Gasteiger partial charge in [-0.2, -0.15) is 0 Å². The van der Waals surface area contributed by atoms with Crippen molar-refractivity contribution < 1.29 is 24.2 Å². The summed E-state index contributed by atoms with van der Waals surface area (Å²) in [7, 11) is 0. The topological polar surface area (TPSA) is 95.9 Å². The maximum Gasteiger partial charge on any atom is 0.309 e. The van der Waals surface area contributed by atoms with Crippen molar-refractivity contribution in [3.63, 3.8) is 0 Å². The van der Waals surface area contributed by atoms with Crippen LogP contribution in [0.5, 0.6) is 0 Å². The summed E-state index contributed by atoms with van der Waals surface area (Å²) in [6.07, 6.45) is 10.1. The molecule has 7 nitrogen and oxygen atoms in total. The molecular weight excluding hydrogens is 540 g/mol. The second kappa shape index (κ2) is 18.1. The average molecular weight is 589 g/mol. The first kappa shape index (κ1) is 33.8. The maximum absolute atomic E-state index is 13.6. The van der Waals surface area contributed by atoms with E-state index >= 15 is 0 Å². The van der Waals surface area contributed by atoms with Gasteiger partial charge in [0.2, 0.25) is 11.8 Å². The van der Waals surface area contributed by atoms with Crippen LogP contribution in [-0.4, -0.2) is 53.1 Å². The third-order valence-electron chi connectivity index (χ3n) is 8.24. The number of benzene rings is 2. The lowest BCUT2D eigenvalue weighted by molar-refractivity contribution is -0.152. The zero-order valence-corrected chi connectivity index (χ0v) is 25.4. The van der Waals surface area contributed by atoms with E-state index in [0.717, 1.165) is 36.8 Å². The molecule has 1 aliphatic rings. The van der Waals surface area contributed by atoms with Crippen LogP contribution >= 0.6 is 0 Å². The second-order valence-corrected chi connectivity index (χ2v) is 11.6. The van der Waals surface area contributed by atoms with Gasteiger partial charge in [0.1, 0.15) is 6.61 Å². The number of aliphatic hydroxyl groups excluding tert-OH is 1. The first-order chi connectivity index (χ1) is 20.9. The molecule has 1 aliphatic carbocycles. The number of amides is 2. The van der Waals surface area contributed by atoms with Gasteiger partial charge < -0.3 is 20.1 Å². The van der Waals surface area contributed by atoms with Crippen molar-refractivity contribution in [3.05, 3.63) is 97.1 Å². The molecule has 0 spiro atoms. The molecule has 0 unspecified atom stereocenters. The van der Waals surface area contributed by atoms with Gasteiger partial charge in [0.25, 0.3) is 0 Å². The van der Waals surface area contributed by atoms with Crippen LogP contribution in [0.1, 0.15) is 68.9 Å². The highest BCUT2D eigenvalue weighted by molar-refractivity contribution is 5.86. The Morgan fingerprint density at radius 3 is 2.21 bits per heavy atom. The average Bonchev–Trinajstić information content (AvgIpc) is 3.48. The third kappa shape index (κ3) is 11.1. The Morgan fingerprint density at radius 2 is 1.60 bits per heavy atom. The fraction of sp³-hybridized carbons (Fsp3) is 0.472. The van der Waals surface area contributed by atoms with E-state index < -0.39 is 11.5 Å². The normalized spacial score (nSPS) is 15.2. The first-order valence-corrected chi connectivity index (χ1v) is 15.6. The fourth-order valence-electron chi connectivity index (χ4n) is 5.80. The zero-order valence-electron chi connectivity index (χ0n) is 25.4. The summed E-state index contributed by atoms with van der Waals surface area (Å²) >= 11 is 0.